The zero-order valence-corrected chi connectivity index (χ0v) is 17.4. The second-order valence-corrected chi connectivity index (χ2v) is 7.12. The van der Waals surface area contributed by atoms with E-state index in [1.165, 1.54) is 11.1 Å². The summed E-state index contributed by atoms with van der Waals surface area (Å²) in [5, 5.41) is 3.48. The van der Waals surface area contributed by atoms with E-state index in [-0.39, 0.29) is 0 Å². The van der Waals surface area contributed by atoms with Crippen molar-refractivity contribution in [3.8, 4) is 11.5 Å². The summed E-state index contributed by atoms with van der Waals surface area (Å²) in [5.74, 6) is 3.40. The van der Waals surface area contributed by atoms with E-state index in [4.69, 9.17) is 14.5 Å². The van der Waals surface area contributed by atoms with E-state index in [9.17, 15) is 0 Å². The van der Waals surface area contributed by atoms with Gasteiger partial charge in [0.05, 0.1) is 31.8 Å². The van der Waals surface area contributed by atoms with Gasteiger partial charge in [0, 0.05) is 27.2 Å². The molecule has 7 nitrogen and oxygen atoms in total. The van der Waals surface area contributed by atoms with E-state index < -0.39 is 0 Å². The molecule has 0 aliphatic carbocycles. The van der Waals surface area contributed by atoms with Gasteiger partial charge in [0.1, 0.15) is 5.82 Å². The molecule has 152 valence electrons. The van der Waals surface area contributed by atoms with Crippen molar-refractivity contribution >= 4 is 17.0 Å². The van der Waals surface area contributed by atoms with Crippen LogP contribution in [0.5, 0.6) is 11.5 Å². The third-order valence-electron chi connectivity index (χ3n) is 5.51. The highest BCUT2D eigenvalue weighted by Gasteiger charge is 2.22. The Kier molecular flexibility index (Phi) is 5.29. The van der Waals surface area contributed by atoms with Gasteiger partial charge < -0.3 is 24.3 Å². The van der Waals surface area contributed by atoms with E-state index >= 15 is 0 Å². The van der Waals surface area contributed by atoms with Crippen molar-refractivity contribution in [3.05, 3.63) is 53.3 Å². The lowest BCUT2D eigenvalue weighted by molar-refractivity contribution is 0.345. The van der Waals surface area contributed by atoms with Crippen LogP contribution in [0, 0.1) is 0 Å². The summed E-state index contributed by atoms with van der Waals surface area (Å²) in [7, 11) is 7.21. The van der Waals surface area contributed by atoms with Gasteiger partial charge in [0.25, 0.3) is 0 Å². The summed E-state index contributed by atoms with van der Waals surface area (Å²) in [6, 6.07) is 12.3. The third kappa shape index (κ3) is 3.60. The zero-order chi connectivity index (χ0) is 20.4. The molecule has 1 aromatic heterocycles. The molecule has 0 amide bonds. The van der Waals surface area contributed by atoms with Crippen LogP contribution in [0.1, 0.15) is 17.0 Å². The molecule has 2 aromatic carbocycles. The first-order valence-corrected chi connectivity index (χ1v) is 9.74. The van der Waals surface area contributed by atoms with Gasteiger partial charge in [-0.25, -0.2) is 4.98 Å². The van der Waals surface area contributed by atoms with Crippen LogP contribution in [-0.4, -0.2) is 48.2 Å². The predicted octanol–water partition coefficient (Wildman–Crippen LogP) is 2.72. The lowest BCUT2D eigenvalue weighted by Gasteiger charge is -2.32. The van der Waals surface area contributed by atoms with Crippen LogP contribution in [0.25, 0.3) is 11.0 Å². The van der Waals surface area contributed by atoms with E-state index in [1.807, 2.05) is 32.3 Å². The molecule has 29 heavy (non-hydrogen) atoms. The van der Waals surface area contributed by atoms with Crippen LogP contribution in [0.2, 0.25) is 0 Å². The molecule has 0 bridgehead atoms. The number of fused-ring (bicyclic) bond motifs is 2. The fraction of sp³-hybridized carbons (Fsp3) is 0.364. The van der Waals surface area contributed by atoms with Crippen LogP contribution in [0.3, 0.4) is 0 Å². The monoisotopic (exact) mass is 393 g/mol. The van der Waals surface area contributed by atoms with Crippen LogP contribution in [0.15, 0.2) is 41.4 Å². The molecule has 0 spiro atoms. The highest BCUT2D eigenvalue weighted by molar-refractivity contribution is 5.80. The number of nitrogens with one attached hydrogen (secondary N) is 1. The average Bonchev–Trinajstić information content (AvgIpc) is 3.08. The van der Waals surface area contributed by atoms with Gasteiger partial charge in [0.2, 0.25) is 0 Å². The lowest BCUT2D eigenvalue weighted by Crippen LogP contribution is -2.44. The summed E-state index contributed by atoms with van der Waals surface area (Å²) in [6.07, 6.45) is 0.933. The van der Waals surface area contributed by atoms with E-state index in [2.05, 4.69) is 38.0 Å². The van der Waals surface area contributed by atoms with Crippen molar-refractivity contribution in [1.82, 2.24) is 19.8 Å². The predicted molar refractivity (Wildman–Crippen MR) is 115 cm³/mol. The minimum atomic E-state index is 0.618. The number of imidazole rings is 1. The molecule has 4 rings (SSSR count). The Balaban J connectivity index is 1.49. The molecule has 7 heteroatoms. The molecule has 0 unspecified atom stereocenters. The summed E-state index contributed by atoms with van der Waals surface area (Å²) in [4.78, 5) is 11.5. The molecule has 0 saturated carbocycles. The van der Waals surface area contributed by atoms with Gasteiger partial charge in [-0.2, -0.15) is 0 Å². The highest BCUT2D eigenvalue weighted by atomic mass is 16.5. The Morgan fingerprint density at radius 3 is 2.55 bits per heavy atom. The first-order valence-electron chi connectivity index (χ1n) is 9.74. The number of ether oxygens (including phenoxy) is 2. The number of rotatable bonds is 4. The molecule has 1 aliphatic heterocycles. The highest BCUT2D eigenvalue weighted by Crippen LogP contribution is 2.33. The lowest BCUT2D eigenvalue weighted by atomic mass is 9.99. The van der Waals surface area contributed by atoms with Crippen LogP contribution < -0.4 is 14.8 Å². The number of para-hydroxylation sites is 2. The Morgan fingerprint density at radius 2 is 1.86 bits per heavy atom. The number of aromatic nitrogens is 2. The number of nitrogens with zero attached hydrogens (tertiary/aromatic N) is 4. The minimum Gasteiger partial charge on any atom is -0.493 e. The third-order valence-corrected chi connectivity index (χ3v) is 5.51. The maximum atomic E-state index is 5.47. The molecule has 0 atom stereocenters. The first kappa shape index (κ1) is 19.1. The number of hydrogen-bond acceptors (Lipinski definition) is 4. The summed E-state index contributed by atoms with van der Waals surface area (Å²) in [6.45, 7) is 2.29. The summed E-state index contributed by atoms with van der Waals surface area (Å²) < 4.78 is 13.0. The zero-order valence-electron chi connectivity index (χ0n) is 17.4. The number of aliphatic imine (C=N–C) groups is 1. The van der Waals surface area contributed by atoms with Crippen molar-refractivity contribution in [2.75, 3.05) is 27.8 Å². The largest absolute Gasteiger partial charge is 0.493 e. The van der Waals surface area contributed by atoms with Crippen molar-refractivity contribution in [2.24, 2.45) is 12.0 Å². The SMILES string of the molecule is CN=C(NCc1nc2ccccc2n1C)N1CCc2cc(OC)c(OC)cc2C1. The minimum absolute atomic E-state index is 0.618. The average molecular weight is 393 g/mol. The van der Waals surface area contributed by atoms with Crippen molar-refractivity contribution in [3.63, 3.8) is 0 Å². The van der Waals surface area contributed by atoms with Crippen LogP contribution in [-0.2, 0) is 26.6 Å². The van der Waals surface area contributed by atoms with Gasteiger partial charge in [-0.15, -0.1) is 0 Å². The number of methoxy groups -OCH3 is 2. The van der Waals surface area contributed by atoms with Gasteiger partial charge in [0.15, 0.2) is 17.5 Å². The molecule has 0 saturated heterocycles. The standard InChI is InChI=1S/C22H27N5O2/c1-23-22(24-13-21-25-17-7-5-6-8-18(17)26(21)2)27-10-9-15-11-19(28-3)20(29-4)12-16(15)14-27/h5-8,11-12H,9-10,13-14H2,1-4H3,(H,23,24). The Morgan fingerprint density at radius 1 is 1.14 bits per heavy atom. The Bertz CT molecular complexity index is 1060. The number of hydrogen-bond donors (Lipinski definition) is 1. The maximum absolute atomic E-state index is 5.47. The van der Waals surface area contributed by atoms with Gasteiger partial charge in [-0.05, 0) is 41.8 Å². The van der Waals surface area contributed by atoms with E-state index in [0.29, 0.717) is 6.54 Å². The maximum Gasteiger partial charge on any atom is 0.194 e. The topological polar surface area (TPSA) is 63.9 Å². The fourth-order valence-corrected chi connectivity index (χ4v) is 3.91. The van der Waals surface area contributed by atoms with Crippen molar-refractivity contribution in [2.45, 2.75) is 19.5 Å². The van der Waals surface area contributed by atoms with E-state index in [1.54, 1.807) is 14.2 Å². The molecule has 0 fully saturated rings. The van der Waals surface area contributed by atoms with Crippen molar-refractivity contribution in [1.29, 1.82) is 0 Å². The van der Waals surface area contributed by atoms with E-state index in [0.717, 1.165) is 53.8 Å². The first-order chi connectivity index (χ1) is 14.1. The number of guanidine groups is 1. The van der Waals surface area contributed by atoms with Gasteiger partial charge in [-0.1, -0.05) is 12.1 Å². The van der Waals surface area contributed by atoms with Crippen LogP contribution >= 0.6 is 0 Å². The Labute approximate surface area is 171 Å². The summed E-state index contributed by atoms with van der Waals surface area (Å²) >= 11 is 0. The molecule has 1 N–H and O–H groups in total. The molecule has 1 aliphatic rings. The molecular weight excluding hydrogens is 366 g/mol. The molecule has 3 aromatic rings. The van der Waals surface area contributed by atoms with Gasteiger partial charge >= 0.3 is 0 Å². The fourth-order valence-electron chi connectivity index (χ4n) is 3.91. The normalized spacial score (nSPS) is 14.1. The smallest absolute Gasteiger partial charge is 0.194 e. The Hall–Kier alpha value is -3.22. The second-order valence-electron chi connectivity index (χ2n) is 7.12. The quantitative estimate of drug-likeness (QED) is 0.545. The second kappa shape index (κ2) is 8.03. The summed E-state index contributed by atoms with van der Waals surface area (Å²) in [5.41, 5.74) is 4.67. The molecular formula is C22H27N5O2. The van der Waals surface area contributed by atoms with Crippen molar-refractivity contribution < 1.29 is 9.47 Å². The van der Waals surface area contributed by atoms with Gasteiger partial charge in [-0.3, -0.25) is 4.99 Å². The number of benzene rings is 2. The van der Waals surface area contributed by atoms with Crippen LogP contribution in [0.4, 0.5) is 0 Å². The number of aryl methyl sites for hydroxylation is 1. The molecule has 2 heterocycles. The molecule has 0 radical (unpaired) electrons.